The number of aromatic nitrogens is 2. The summed E-state index contributed by atoms with van der Waals surface area (Å²) in [5.41, 5.74) is 0.308. The monoisotopic (exact) mass is 395 g/mol. The lowest BCUT2D eigenvalue weighted by molar-refractivity contribution is 0.101. The molecule has 8 nitrogen and oxygen atoms in total. The SMILES string of the molecule is COc1ccc(NC(=O)c2ccc(=O)n(CCOc3ccccc3)n2)cc1OC. The molecule has 0 radical (unpaired) electrons. The lowest BCUT2D eigenvalue weighted by atomic mass is 10.2. The summed E-state index contributed by atoms with van der Waals surface area (Å²) >= 11 is 0. The second-order valence-corrected chi connectivity index (χ2v) is 5.97. The van der Waals surface area contributed by atoms with Gasteiger partial charge in [-0.05, 0) is 30.3 Å². The van der Waals surface area contributed by atoms with Crippen LogP contribution in [0.1, 0.15) is 10.5 Å². The third-order valence-corrected chi connectivity index (χ3v) is 4.06. The Hall–Kier alpha value is -3.81. The predicted molar refractivity (Wildman–Crippen MR) is 108 cm³/mol. The maximum Gasteiger partial charge on any atom is 0.276 e. The summed E-state index contributed by atoms with van der Waals surface area (Å²) < 4.78 is 17.2. The number of para-hydroxylation sites is 1. The predicted octanol–water partition coefficient (Wildman–Crippen LogP) is 2.59. The number of anilines is 1. The van der Waals surface area contributed by atoms with Crippen LogP contribution < -0.4 is 25.1 Å². The minimum Gasteiger partial charge on any atom is -0.493 e. The molecule has 0 bridgehead atoms. The Balaban J connectivity index is 1.68. The molecule has 0 saturated heterocycles. The van der Waals surface area contributed by atoms with Crippen molar-refractivity contribution in [1.82, 2.24) is 9.78 Å². The molecule has 0 saturated carbocycles. The Labute approximate surface area is 167 Å². The Bertz CT molecular complexity index is 1030. The fourth-order valence-electron chi connectivity index (χ4n) is 2.61. The second-order valence-electron chi connectivity index (χ2n) is 5.97. The van der Waals surface area contributed by atoms with Crippen molar-refractivity contribution in [2.45, 2.75) is 6.54 Å². The van der Waals surface area contributed by atoms with E-state index in [2.05, 4.69) is 10.4 Å². The number of rotatable bonds is 8. The molecular weight excluding hydrogens is 374 g/mol. The van der Waals surface area contributed by atoms with E-state index in [4.69, 9.17) is 14.2 Å². The summed E-state index contributed by atoms with van der Waals surface area (Å²) in [5.74, 6) is 1.29. The highest BCUT2D eigenvalue weighted by Gasteiger charge is 2.12. The van der Waals surface area contributed by atoms with E-state index < -0.39 is 5.91 Å². The van der Waals surface area contributed by atoms with Crippen LogP contribution in [0.25, 0.3) is 0 Å². The first-order valence-electron chi connectivity index (χ1n) is 8.90. The van der Waals surface area contributed by atoms with Crippen LogP contribution in [0.3, 0.4) is 0 Å². The Kier molecular flexibility index (Phi) is 6.47. The van der Waals surface area contributed by atoms with Crippen molar-refractivity contribution >= 4 is 11.6 Å². The molecule has 1 heterocycles. The number of amides is 1. The van der Waals surface area contributed by atoms with Crippen molar-refractivity contribution in [1.29, 1.82) is 0 Å². The molecule has 3 rings (SSSR count). The van der Waals surface area contributed by atoms with Crippen molar-refractivity contribution in [2.75, 3.05) is 26.1 Å². The first kappa shape index (κ1) is 19.9. The quantitative estimate of drug-likeness (QED) is 0.630. The zero-order valence-corrected chi connectivity index (χ0v) is 16.1. The average molecular weight is 395 g/mol. The maximum absolute atomic E-state index is 12.5. The molecule has 0 aliphatic carbocycles. The molecular formula is C21H21N3O5. The van der Waals surface area contributed by atoms with Gasteiger partial charge in [0.2, 0.25) is 0 Å². The molecule has 3 aromatic rings. The number of nitrogens with zero attached hydrogens (tertiary/aromatic N) is 2. The lowest BCUT2D eigenvalue weighted by Crippen LogP contribution is -2.28. The molecule has 2 aromatic carbocycles. The Morgan fingerprint density at radius 2 is 1.76 bits per heavy atom. The first-order chi connectivity index (χ1) is 14.1. The second kappa shape index (κ2) is 9.41. The summed E-state index contributed by atoms with van der Waals surface area (Å²) in [5, 5.41) is 6.86. The van der Waals surface area contributed by atoms with Crippen LogP contribution in [0.4, 0.5) is 5.69 Å². The number of methoxy groups -OCH3 is 2. The topological polar surface area (TPSA) is 91.7 Å². The van der Waals surface area contributed by atoms with E-state index in [0.29, 0.717) is 22.9 Å². The third-order valence-electron chi connectivity index (χ3n) is 4.06. The molecule has 1 amide bonds. The number of ether oxygens (including phenoxy) is 3. The highest BCUT2D eigenvalue weighted by Crippen LogP contribution is 2.29. The third kappa shape index (κ3) is 5.13. The molecule has 1 N–H and O–H groups in total. The van der Waals surface area contributed by atoms with E-state index in [9.17, 15) is 9.59 Å². The molecule has 0 atom stereocenters. The van der Waals surface area contributed by atoms with E-state index in [1.54, 1.807) is 18.2 Å². The fraction of sp³-hybridized carbons (Fsp3) is 0.190. The molecule has 0 spiro atoms. The van der Waals surface area contributed by atoms with Crippen LogP contribution in [-0.2, 0) is 6.54 Å². The minimum atomic E-state index is -0.449. The molecule has 0 aliphatic heterocycles. The van der Waals surface area contributed by atoms with Crippen LogP contribution in [0.2, 0.25) is 0 Å². The van der Waals surface area contributed by atoms with Gasteiger partial charge in [-0.2, -0.15) is 5.10 Å². The maximum atomic E-state index is 12.5. The van der Waals surface area contributed by atoms with Crippen molar-refractivity contribution in [2.24, 2.45) is 0 Å². The van der Waals surface area contributed by atoms with Crippen LogP contribution in [0.5, 0.6) is 17.2 Å². The van der Waals surface area contributed by atoms with Gasteiger partial charge in [-0.25, -0.2) is 4.68 Å². The number of hydrogen-bond donors (Lipinski definition) is 1. The van der Waals surface area contributed by atoms with E-state index in [-0.39, 0.29) is 24.4 Å². The van der Waals surface area contributed by atoms with E-state index in [1.165, 1.54) is 31.0 Å². The van der Waals surface area contributed by atoms with Gasteiger partial charge in [0.1, 0.15) is 18.1 Å². The zero-order chi connectivity index (χ0) is 20.6. The lowest BCUT2D eigenvalue weighted by Gasteiger charge is -2.11. The number of hydrogen-bond acceptors (Lipinski definition) is 6. The number of carbonyl (C=O) groups is 1. The van der Waals surface area contributed by atoms with Crippen LogP contribution in [-0.4, -0.2) is 36.5 Å². The number of nitrogens with one attached hydrogen (secondary N) is 1. The van der Waals surface area contributed by atoms with Gasteiger partial charge < -0.3 is 19.5 Å². The van der Waals surface area contributed by atoms with E-state index in [1.807, 2.05) is 30.3 Å². The van der Waals surface area contributed by atoms with Gasteiger partial charge in [-0.3, -0.25) is 9.59 Å². The standard InChI is InChI=1S/C21H21N3O5/c1-27-18-10-8-15(14-19(18)28-2)22-21(26)17-9-11-20(25)24(23-17)12-13-29-16-6-4-3-5-7-16/h3-11,14H,12-13H2,1-2H3,(H,22,26). The van der Waals surface area contributed by atoms with Gasteiger partial charge in [0.05, 0.1) is 20.8 Å². The van der Waals surface area contributed by atoms with Crippen molar-refractivity contribution in [3.05, 3.63) is 76.7 Å². The van der Waals surface area contributed by atoms with Crippen molar-refractivity contribution in [3.63, 3.8) is 0 Å². The van der Waals surface area contributed by atoms with Gasteiger partial charge in [0.25, 0.3) is 11.5 Å². The molecule has 150 valence electrons. The summed E-state index contributed by atoms with van der Waals surface area (Å²) in [6, 6.07) is 16.9. The summed E-state index contributed by atoms with van der Waals surface area (Å²) in [6.45, 7) is 0.461. The normalized spacial score (nSPS) is 10.3. The zero-order valence-electron chi connectivity index (χ0n) is 16.1. The summed E-state index contributed by atoms with van der Waals surface area (Å²) in [4.78, 5) is 24.6. The van der Waals surface area contributed by atoms with Gasteiger partial charge in [0.15, 0.2) is 11.5 Å². The highest BCUT2D eigenvalue weighted by molar-refractivity contribution is 6.02. The van der Waals surface area contributed by atoms with Crippen molar-refractivity contribution < 1.29 is 19.0 Å². The van der Waals surface area contributed by atoms with Gasteiger partial charge in [0, 0.05) is 17.8 Å². The molecule has 0 fully saturated rings. The molecule has 8 heteroatoms. The highest BCUT2D eigenvalue weighted by atomic mass is 16.5. The minimum absolute atomic E-state index is 0.110. The van der Waals surface area contributed by atoms with Gasteiger partial charge in [-0.1, -0.05) is 18.2 Å². The van der Waals surface area contributed by atoms with E-state index >= 15 is 0 Å². The largest absolute Gasteiger partial charge is 0.493 e. The molecule has 0 unspecified atom stereocenters. The van der Waals surface area contributed by atoms with E-state index in [0.717, 1.165) is 0 Å². The van der Waals surface area contributed by atoms with Crippen LogP contribution >= 0.6 is 0 Å². The smallest absolute Gasteiger partial charge is 0.276 e. The Morgan fingerprint density at radius 3 is 2.48 bits per heavy atom. The number of benzene rings is 2. The van der Waals surface area contributed by atoms with Gasteiger partial charge >= 0.3 is 0 Å². The van der Waals surface area contributed by atoms with Crippen molar-refractivity contribution in [3.8, 4) is 17.2 Å². The number of carbonyl (C=O) groups excluding carboxylic acids is 1. The molecule has 0 aliphatic rings. The van der Waals surface area contributed by atoms with Crippen LogP contribution in [0, 0.1) is 0 Å². The molecule has 1 aromatic heterocycles. The fourth-order valence-corrected chi connectivity index (χ4v) is 2.61. The van der Waals surface area contributed by atoms with Gasteiger partial charge in [-0.15, -0.1) is 0 Å². The first-order valence-corrected chi connectivity index (χ1v) is 8.90. The average Bonchev–Trinajstić information content (AvgIpc) is 2.75. The summed E-state index contributed by atoms with van der Waals surface area (Å²) in [7, 11) is 3.04. The Morgan fingerprint density at radius 1 is 1.00 bits per heavy atom. The van der Waals surface area contributed by atoms with Crippen LogP contribution in [0.15, 0.2) is 65.5 Å². The summed E-state index contributed by atoms with van der Waals surface area (Å²) in [6.07, 6.45) is 0. The molecule has 29 heavy (non-hydrogen) atoms.